The lowest BCUT2D eigenvalue weighted by Crippen LogP contribution is -2.31. The molecular weight excluding hydrogens is 320 g/mol. The molecule has 0 spiro atoms. The molecule has 1 unspecified atom stereocenters. The van der Waals surface area contributed by atoms with Crippen LogP contribution in [0.15, 0.2) is 24.3 Å². The fourth-order valence-corrected chi connectivity index (χ4v) is 2.61. The number of halogens is 1. The highest BCUT2D eigenvalue weighted by Gasteiger charge is 2.22. The molecule has 1 atom stereocenters. The van der Waals surface area contributed by atoms with Crippen molar-refractivity contribution in [2.75, 3.05) is 0 Å². The number of hydrogen-bond donors (Lipinski definition) is 2. The fraction of sp³-hybridized carbons (Fsp3) is 0.400. The Morgan fingerprint density at radius 2 is 2.14 bits per heavy atom. The molecule has 2 aromatic rings. The van der Waals surface area contributed by atoms with E-state index in [1.807, 2.05) is 7.05 Å². The van der Waals surface area contributed by atoms with Crippen molar-refractivity contribution in [3.63, 3.8) is 0 Å². The predicted octanol–water partition coefficient (Wildman–Crippen LogP) is 3.65. The lowest BCUT2D eigenvalue weighted by Gasteiger charge is -2.20. The van der Waals surface area contributed by atoms with Gasteiger partial charge in [-0.1, -0.05) is 37.6 Å². The largest absolute Gasteiger partial charge is 0.342 e. The number of aromatic nitrogens is 3. The van der Waals surface area contributed by atoms with Crippen molar-refractivity contribution in [1.82, 2.24) is 20.1 Å². The molecule has 7 heteroatoms. The van der Waals surface area contributed by atoms with Crippen molar-refractivity contribution in [3.8, 4) is 0 Å². The zero-order chi connectivity index (χ0) is 16.3. The van der Waals surface area contributed by atoms with E-state index in [4.69, 9.17) is 23.8 Å². The van der Waals surface area contributed by atoms with Crippen LogP contribution in [0.2, 0.25) is 5.02 Å². The first-order valence-corrected chi connectivity index (χ1v) is 7.85. The van der Waals surface area contributed by atoms with Crippen LogP contribution in [-0.2, 0) is 7.05 Å². The maximum Gasteiger partial charge on any atom is 0.253 e. The number of nitrogens with one attached hydrogen (secondary N) is 2. The smallest absolute Gasteiger partial charge is 0.253 e. The molecule has 0 saturated carbocycles. The zero-order valence-electron chi connectivity index (χ0n) is 12.8. The van der Waals surface area contributed by atoms with Gasteiger partial charge in [-0.05, 0) is 36.7 Å². The van der Waals surface area contributed by atoms with Gasteiger partial charge in [0.15, 0.2) is 10.6 Å². The van der Waals surface area contributed by atoms with Gasteiger partial charge in [0.1, 0.15) is 0 Å². The van der Waals surface area contributed by atoms with Gasteiger partial charge >= 0.3 is 0 Å². The summed E-state index contributed by atoms with van der Waals surface area (Å²) in [7, 11) is 1.83. The maximum atomic E-state index is 12.5. The van der Waals surface area contributed by atoms with Crippen molar-refractivity contribution >= 4 is 29.7 Å². The summed E-state index contributed by atoms with van der Waals surface area (Å²) in [5.41, 5.74) is 0.453. The lowest BCUT2D eigenvalue weighted by molar-refractivity contribution is 0.0929. The predicted molar refractivity (Wildman–Crippen MR) is 89.5 cm³/mol. The molecule has 5 nitrogen and oxygen atoms in total. The highest BCUT2D eigenvalue weighted by molar-refractivity contribution is 7.71. The Morgan fingerprint density at radius 3 is 2.68 bits per heavy atom. The number of nitrogens with zero attached hydrogens (tertiary/aromatic N) is 2. The first-order chi connectivity index (χ1) is 10.4. The SMILES string of the molecule is CC(C)CC(NC(=O)c1ccccc1Cl)c1n[nH]c(=S)n1C. The molecule has 118 valence electrons. The van der Waals surface area contributed by atoms with E-state index in [1.165, 1.54) is 0 Å². The van der Waals surface area contributed by atoms with Gasteiger partial charge in [-0.3, -0.25) is 9.89 Å². The second-order valence-corrected chi connectivity index (χ2v) is 6.38. The number of benzene rings is 1. The van der Waals surface area contributed by atoms with Crippen LogP contribution in [0.3, 0.4) is 0 Å². The highest BCUT2D eigenvalue weighted by atomic mass is 35.5. The summed E-state index contributed by atoms with van der Waals surface area (Å²) in [5, 5.41) is 10.4. The van der Waals surface area contributed by atoms with E-state index in [1.54, 1.807) is 28.8 Å². The second kappa shape index (κ2) is 7.07. The minimum atomic E-state index is -0.235. The summed E-state index contributed by atoms with van der Waals surface area (Å²) in [6.07, 6.45) is 0.754. The molecule has 1 heterocycles. The van der Waals surface area contributed by atoms with Crippen molar-refractivity contribution in [3.05, 3.63) is 45.4 Å². The Morgan fingerprint density at radius 1 is 1.45 bits per heavy atom. The van der Waals surface area contributed by atoms with E-state index >= 15 is 0 Å². The van der Waals surface area contributed by atoms with Crippen LogP contribution in [0.5, 0.6) is 0 Å². The third kappa shape index (κ3) is 3.75. The summed E-state index contributed by atoms with van der Waals surface area (Å²) in [6.45, 7) is 4.19. The summed E-state index contributed by atoms with van der Waals surface area (Å²) in [5.74, 6) is 0.881. The van der Waals surface area contributed by atoms with Gasteiger partial charge in [-0.25, -0.2) is 0 Å². The van der Waals surface area contributed by atoms with Crippen LogP contribution in [-0.4, -0.2) is 20.7 Å². The molecule has 22 heavy (non-hydrogen) atoms. The average molecular weight is 339 g/mol. The van der Waals surface area contributed by atoms with E-state index < -0.39 is 0 Å². The van der Waals surface area contributed by atoms with Crippen molar-refractivity contribution in [1.29, 1.82) is 0 Å². The Hall–Kier alpha value is -1.66. The van der Waals surface area contributed by atoms with E-state index in [0.29, 0.717) is 27.1 Å². The number of carbonyl (C=O) groups excluding carboxylic acids is 1. The van der Waals surface area contributed by atoms with Crippen molar-refractivity contribution in [2.24, 2.45) is 13.0 Å². The van der Waals surface area contributed by atoms with Crippen LogP contribution in [0.25, 0.3) is 0 Å². The van der Waals surface area contributed by atoms with Crippen LogP contribution in [0.1, 0.15) is 42.5 Å². The number of hydrogen-bond acceptors (Lipinski definition) is 3. The number of rotatable bonds is 5. The molecule has 1 amide bonds. The van der Waals surface area contributed by atoms with Gasteiger partial charge in [0.2, 0.25) is 0 Å². The molecule has 0 bridgehead atoms. The summed E-state index contributed by atoms with van der Waals surface area (Å²) in [6, 6.07) is 6.74. The molecule has 0 fully saturated rings. The van der Waals surface area contributed by atoms with E-state index in [9.17, 15) is 4.79 Å². The summed E-state index contributed by atoms with van der Waals surface area (Å²) in [4.78, 5) is 12.5. The van der Waals surface area contributed by atoms with Crippen molar-refractivity contribution in [2.45, 2.75) is 26.3 Å². The van der Waals surface area contributed by atoms with Crippen molar-refractivity contribution < 1.29 is 4.79 Å². The third-order valence-corrected chi connectivity index (χ3v) is 4.05. The van der Waals surface area contributed by atoms with E-state index in [0.717, 1.165) is 6.42 Å². The molecule has 0 radical (unpaired) electrons. The van der Waals surface area contributed by atoms with Gasteiger partial charge in [-0.2, -0.15) is 5.10 Å². The standard InChI is InChI=1S/C15H19ClN4OS/c1-9(2)8-12(13-18-19-15(22)20(13)3)17-14(21)10-6-4-5-7-11(10)16/h4-7,9,12H,8H2,1-3H3,(H,17,21)(H,19,22). The molecule has 0 aliphatic heterocycles. The van der Waals surface area contributed by atoms with Crippen LogP contribution in [0, 0.1) is 10.7 Å². The maximum absolute atomic E-state index is 12.5. The molecular formula is C15H19ClN4OS. The number of carbonyl (C=O) groups is 1. The van der Waals surface area contributed by atoms with Gasteiger partial charge in [0, 0.05) is 7.05 Å². The van der Waals surface area contributed by atoms with Gasteiger partial charge in [0.05, 0.1) is 16.6 Å². The molecule has 2 N–H and O–H groups in total. The number of amides is 1. The molecule has 1 aromatic heterocycles. The van der Waals surface area contributed by atoms with Crippen LogP contribution < -0.4 is 5.32 Å². The molecule has 0 aliphatic carbocycles. The zero-order valence-corrected chi connectivity index (χ0v) is 14.3. The number of aromatic amines is 1. The fourth-order valence-electron chi connectivity index (χ4n) is 2.25. The number of H-pyrrole nitrogens is 1. The normalized spacial score (nSPS) is 12.4. The topological polar surface area (TPSA) is 62.7 Å². The van der Waals surface area contributed by atoms with E-state index in [-0.39, 0.29) is 11.9 Å². The summed E-state index contributed by atoms with van der Waals surface area (Å²) >= 11 is 11.2. The molecule has 0 aliphatic rings. The quantitative estimate of drug-likeness (QED) is 0.818. The Labute approximate surface area is 139 Å². The van der Waals surface area contributed by atoms with Crippen LogP contribution >= 0.6 is 23.8 Å². The van der Waals surface area contributed by atoms with Gasteiger partial charge < -0.3 is 9.88 Å². The Bertz CT molecular complexity index is 722. The third-order valence-electron chi connectivity index (χ3n) is 3.36. The average Bonchev–Trinajstić information content (AvgIpc) is 2.78. The molecule has 2 rings (SSSR count). The molecule has 1 aromatic carbocycles. The minimum Gasteiger partial charge on any atom is -0.342 e. The Kier molecular flexibility index (Phi) is 5.37. The minimum absolute atomic E-state index is 0.217. The van der Waals surface area contributed by atoms with Crippen LogP contribution in [0.4, 0.5) is 0 Å². The second-order valence-electron chi connectivity index (χ2n) is 5.58. The first kappa shape index (κ1) is 16.7. The van der Waals surface area contributed by atoms with Gasteiger partial charge in [-0.15, -0.1) is 0 Å². The summed E-state index contributed by atoms with van der Waals surface area (Å²) < 4.78 is 2.30. The van der Waals surface area contributed by atoms with Gasteiger partial charge in [0.25, 0.3) is 5.91 Å². The highest BCUT2D eigenvalue weighted by Crippen LogP contribution is 2.21. The molecule has 0 saturated heterocycles. The Balaban J connectivity index is 2.28. The lowest BCUT2D eigenvalue weighted by atomic mass is 10.0. The monoisotopic (exact) mass is 338 g/mol. The first-order valence-electron chi connectivity index (χ1n) is 7.06. The van der Waals surface area contributed by atoms with E-state index in [2.05, 4.69) is 29.4 Å².